The van der Waals surface area contributed by atoms with Crippen molar-refractivity contribution in [2.45, 2.75) is 432 Å². The van der Waals surface area contributed by atoms with Crippen molar-refractivity contribution in [2.75, 3.05) is 24.7 Å². The van der Waals surface area contributed by atoms with Gasteiger partial charge in [0.1, 0.15) is 25.1 Å². The highest BCUT2D eigenvalue weighted by Gasteiger charge is 2.30. The Morgan fingerprint density at radius 2 is 0.796 bits per heavy atom. The van der Waals surface area contributed by atoms with Gasteiger partial charge >= 0.3 is 0 Å². The normalized spacial score (nSPS) is 15.6. The van der Waals surface area contributed by atoms with E-state index in [4.69, 9.17) is 19.2 Å². The number of hydrogen-bond donors (Lipinski definition) is 2. The molecule has 2 N–H and O–H groups in total. The van der Waals surface area contributed by atoms with Crippen molar-refractivity contribution in [1.82, 2.24) is 29.9 Å². The van der Waals surface area contributed by atoms with Crippen LogP contribution in [0.25, 0.3) is 10.9 Å². The van der Waals surface area contributed by atoms with Crippen LogP contribution < -0.4 is 0 Å². The predicted octanol–water partition coefficient (Wildman–Crippen LogP) is 39.0. The van der Waals surface area contributed by atoms with Crippen molar-refractivity contribution >= 4 is 46.2 Å². The van der Waals surface area contributed by atoms with Crippen LogP contribution in [-0.4, -0.2) is 66.0 Å². The smallest absolute Gasteiger partial charge is 0.121 e. The second-order valence-electron chi connectivity index (χ2n) is 51.3. The van der Waals surface area contributed by atoms with E-state index in [9.17, 15) is 0 Å². The fourth-order valence-corrected chi connectivity index (χ4v) is 19.7. The lowest BCUT2D eigenvalue weighted by Gasteiger charge is -2.28. The topological polar surface area (TPSA) is 111 Å². The summed E-state index contributed by atoms with van der Waals surface area (Å²) in [4.78, 5) is 24.3. The number of hydrogen-bond acceptors (Lipinski definition) is 10. The molecule has 2 aromatic carbocycles. The highest BCUT2D eigenvalue weighted by molar-refractivity contribution is 8.03. The van der Waals surface area contributed by atoms with E-state index in [0.717, 1.165) is 53.3 Å². The van der Waals surface area contributed by atoms with Gasteiger partial charge in [0.15, 0.2) is 0 Å². The van der Waals surface area contributed by atoms with Gasteiger partial charge in [-0.1, -0.05) is 311 Å². The summed E-state index contributed by atoms with van der Waals surface area (Å²) in [5, 5.41) is 8.62. The van der Waals surface area contributed by atoms with Gasteiger partial charge < -0.3 is 24.2 Å². The molecule has 792 valence electrons. The Hall–Kier alpha value is -8.03. The molecule has 2 atom stereocenters. The maximum absolute atomic E-state index is 5.38. The third-order valence-corrected chi connectivity index (χ3v) is 29.4. The minimum atomic E-state index is 0. The fraction of sp³-hybridized carbons (Fsp3) is 0.569. The molecule has 0 saturated carbocycles. The average molecular weight is 2000 g/mol. The summed E-state index contributed by atoms with van der Waals surface area (Å²) in [6, 6.07) is 4.42. The zero-order valence-corrected chi connectivity index (χ0v) is 103. The van der Waals surface area contributed by atoms with Crippen LogP contribution in [0.3, 0.4) is 0 Å². The number of benzene rings is 2. The van der Waals surface area contributed by atoms with E-state index < -0.39 is 0 Å². The van der Waals surface area contributed by atoms with Crippen LogP contribution >= 0.6 is 35.3 Å². The Labute approximate surface area is 886 Å². The molecule has 12 heteroatoms. The van der Waals surface area contributed by atoms with E-state index in [1.807, 2.05) is 78.2 Å². The molecule has 0 spiro atoms. The lowest BCUT2D eigenvalue weighted by molar-refractivity contribution is 0.0823. The van der Waals surface area contributed by atoms with Gasteiger partial charge in [0.2, 0.25) is 0 Å². The van der Waals surface area contributed by atoms with E-state index in [2.05, 4.69) is 495 Å². The Morgan fingerprint density at radius 1 is 0.338 bits per heavy atom. The fourth-order valence-electron chi connectivity index (χ4n) is 17.2. The molecule has 2 unspecified atom stereocenters. The maximum Gasteiger partial charge on any atom is 0.121 e. The first kappa shape index (κ1) is 132. The molecule has 0 amide bonds. The number of rotatable bonds is 0. The molecule has 142 heavy (non-hydrogen) atoms. The van der Waals surface area contributed by atoms with Crippen LogP contribution in [0.15, 0.2) is 173 Å². The highest BCUT2D eigenvalue weighted by atomic mass is 32.2. The van der Waals surface area contributed by atoms with Gasteiger partial charge in [-0.2, -0.15) is 0 Å². The number of aromatic amines is 2. The van der Waals surface area contributed by atoms with Crippen molar-refractivity contribution in [2.24, 2.45) is 32.5 Å². The van der Waals surface area contributed by atoms with Gasteiger partial charge in [-0.25, -0.2) is 4.98 Å². The van der Waals surface area contributed by atoms with E-state index in [1.54, 1.807) is 18.7 Å². The van der Waals surface area contributed by atoms with Crippen LogP contribution in [0, 0.1) is 164 Å². The number of aryl methyl sites for hydroxylation is 6. The highest BCUT2D eigenvalue weighted by Crippen LogP contribution is 2.41. The van der Waals surface area contributed by atoms with Crippen molar-refractivity contribution < 1.29 is 14.2 Å². The van der Waals surface area contributed by atoms with Crippen molar-refractivity contribution in [1.29, 1.82) is 0 Å². The van der Waals surface area contributed by atoms with Crippen LogP contribution in [0.4, 0.5) is 0 Å². The molecular formula is C130H206N6O3S3. The molecule has 11 heterocycles. The zero-order valence-electron chi connectivity index (χ0n) is 100. The molecule has 0 aliphatic carbocycles. The molecule has 0 bridgehead atoms. The first-order valence-corrected chi connectivity index (χ1v) is 54.5. The third-order valence-electron chi connectivity index (χ3n) is 26.4. The van der Waals surface area contributed by atoms with Crippen LogP contribution in [0.2, 0.25) is 0 Å². The number of nitrogens with one attached hydrogen (secondary N) is 2. The number of H-pyrrole nitrogens is 2. The molecule has 5 aromatic heterocycles. The van der Waals surface area contributed by atoms with Gasteiger partial charge in [-0.3, -0.25) is 15.0 Å². The molecular weight excluding hydrogens is 1790 g/mol. The average Bonchev–Trinajstić information content (AvgIpc) is 1.38. The van der Waals surface area contributed by atoms with Gasteiger partial charge in [-0.15, -0.1) is 35.3 Å². The second kappa shape index (κ2) is 55.7. The van der Waals surface area contributed by atoms with Crippen molar-refractivity contribution in [3.05, 3.63) is 313 Å². The summed E-state index contributed by atoms with van der Waals surface area (Å²) >= 11 is 5.64. The van der Waals surface area contributed by atoms with Crippen LogP contribution in [-0.2, 0) is 46.7 Å². The number of fused-ring (bicyclic) bond motifs is 1. The number of ether oxygens (including phenoxy) is 3. The summed E-state index contributed by atoms with van der Waals surface area (Å²) in [5.74, 6) is 3.32. The van der Waals surface area contributed by atoms with Crippen molar-refractivity contribution in [3.63, 3.8) is 0 Å². The molecule has 7 aromatic rings. The van der Waals surface area contributed by atoms with Gasteiger partial charge in [0.05, 0.1) is 18.8 Å². The SMILES string of the molecule is C.CC(C)(C)C1=CCOC=C1.CC(C)(C)C1=CCSC=C1.CC(C)(C)C1=COCC=C1.CC(C)(C)C1=CSCC=C1.CC(C)(C)C1C=CC=CO1.CC(C)(C)C1C=CC=CS1.CC(C)(C)c1ncc[nH]1.Cc1c(C)c(C)c(C(C)(C)C)c(C)c1C.Cc1cc2[nH]ccc2c(C(C)(C)C)c1C.Cc1nc(C(C)(C)C)c(C)c(C)c1C.Cc1nc(C)c(C(C)(C)C)c(C)c1C.Cc1nc(C)c(C)c(C(C)(C)C)c1C. The number of thioether (sulfide) groups is 3. The molecule has 9 nitrogen and oxygen atoms in total. The molecule has 0 saturated heterocycles. The lowest BCUT2D eigenvalue weighted by atomic mass is 9.77. The quantitative estimate of drug-likeness (QED) is 0.152. The Balaban J connectivity index is 0.000000777. The molecule has 6 aliphatic rings. The first-order chi connectivity index (χ1) is 64.1. The van der Waals surface area contributed by atoms with E-state index >= 15 is 0 Å². The predicted molar refractivity (Wildman–Crippen MR) is 640 cm³/mol. The summed E-state index contributed by atoms with van der Waals surface area (Å²) < 4.78 is 15.6. The summed E-state index contributed by atoms with van der Waals surface area (Å²) in [5.41, 5.74) is 42.3. The monoisotopic (exact) mass is 2000 g/mol. The summed E-state index contributed by atoms with van der Waals surface area (Å²) in [7, 11) is 0. The van der Waals surface area contributed by atoms with E-state index in [-0.39, 0.29) is 62.3 Å². The maximum atomic E-state index is 5.38. The minimum absolute atomic E-state index is 0. The second-order valence-corrected chi connectivity index (χ2v) is 54.2. The molecule has 0 radical (unpaired) electrons. The van der Waals surface area contributed by atoms with Crippen molar-refractivity contribution in [3.8, 4) is 0 Å². The Morgan fingerprint density at radius 3 is 1.14 bits per heavy atom. The number of aromatic nitrogens is 6. The van der Waals surface area contributed by atoms with Gasteiger partial charge in [0.25, 0.3) is 0 Å². The zero-order chi connectivity index (χ0) is 109. The molecule has 6 aliphatic heterocycles. The number of allylic oxidation sites excluding steroid dienone is 12. The number of imidazole rings is 1. The minimum Gasteiger partial charge on any atom is -0.497 e. The van der Waals surface area contributed by atoms with E-state index in [0.29, 0.717) is 21.5 Å². The summed E-state index contributed by atoms with van der Waals surface area (Å²) in [6.07, 6.45) is 41.1. The molecule has 13 rings (SSSR count). The number of pyridine rings is 3. The first-order valence-electron chi connectivity index (χ1n) is 51.5. The van der Waals surface area contributed by atoms with Crippen LogP contribution in [0.1, 0.15) is 397 Å². The molecule has 0 fully saturated rings. The third kappa shape index (κ3) is 43.2. The summed E-state index contributed by atoms with van der Waals surface area (Å²) in [6.45, 7) is 123. The van der Waals surface area contributed by atoms with Gasteiger partial charge in [0, 0.05) is 96.7 Å². The Kier molecular flexibility index (Phi) is 51.7. The Bertz CT molecular complexity index is 5300. The number of nitrogens with zero attached hydrogens (tertiary/aromatic N) is 4. The lowest BCUT2D eigenvalue weighted by Crippen LogP contribution is -2.26. The largest absolute Gasteiger partial charge is 0.497 e. The van der Waals surface area contributed by atoms with Gasteiger partial charge in [-0.05, 0) is 361 Å². The van der Waals surface area contributed by atoms with E-state index in [1.165, 1.54) is 145 Å². The van der Waals surface area contributed by atoms with Crippen LogP contribution in [0.5, 0.6) is 0 Å². The standard InChI is InChI=1S/C15H24.C14H19N.3C13H21N.3C9H14O.3C9H14S.C7H12N2.CH4/c1-9-10(2)12(4)14(15(6,7)8)13(5)11(9)3;1-9-8-12-11(6-7-15-12)13(10(9)2)14(3,4)5;1-8-10(3)14-11(4)9(2)12(8)13(5,6)7;1-8-9(2)12(13(5,6)7)11(4)14-10(8)3;1-8-9(2)11(4)14-12(10(8)3)13(5,6)7;1-9(2,3)8-4-6-10-7-5-8;1-9(2,3)8-5-4-6-10-7-8;1-9(2,3)8-6-4-5-7-10-8;1-9(2,3)8-4-6-10-7-5-8;1-9(2,3)8-5-4-6-10-7-8;1-9(2,3)8-6-4-5-7-10-8;1-7(2,3)6-8-4-5-9-6;/h1-8H3;6-8,15H,1-5H3;3*1-7H3;4-6H,7H2,1-3H3;4-5,7H,6H2,1-3H3;4-8H,1-3H3;4-6H,7H2,1-3H3;4-5,7H,6H2,1-3H3;4-8H,1-3H3;4-5H,1-3H3,(H,8,9);1H4.